The number of nitrogens with zero attached hydrogens (tertiary/aromatic N) is 6. The highest BCUT2D eigenvalue weighted by Crippen LogP contribution is 2.30. The van der Waals surface area contributed by atoms with Crippen molar-refractivity contribution in [2.24, 2.45) is 0 Å². The molecule has 4 heterocycles. The normalized spacial score (nSPS) is 15.3. The fourth-order valence-corrected chi connectivity index (χ4v) is 4.83. The Balaban J connectivity index is 1.36. The van der Waals surface area contributed by atoms with Gasteiger partial charge in [-0.15, -0.1) is 0 Å². The molecule has 1 N–H and O–H groups in total. The molecule has 1 saturated heterocycles. The summed E-state index contributed by atoms with van der Waals surface area (Å²) in [6.45, 7) is 0.629. The van der Waals surface area contributed by atoms with Crippen LogP contribution in [0.3, 0.4) is 0 Å². The van der Waals surface area contributed by atoms with Crippen LogP contribution < -0.4 is 4.90 Å². The number of rotatable bonds is 7. The van der Waals surface area contributed by atoms with E-state index in [2.05, 4.69) is 20.2 Å². The van der Waals surface area contributed by atoms with Crippen molar-refractivity contribution in [1.82, 2.24) is 24.9 Å². The van der Waals surface area contributed by atoms with Crippen molar-refractivity contribution < 1.29 is 18.4 Å². The Morgan fingerprint density at radius 3 is 2.61 bits per heavy atom. The van der Waals surface area contributed by atoms with Crippen LogP contribution in [0.15, 0.2) is 77.6 Å². The molecule has 0 aliphatic carbocycles. The minimum absolute atomic E-state index is 0.0850. The molecule has 0 radical (unpaired) electrons. The molecular weight excluding hydrogens is 490 g/mol. The van der Waals surface area contributed by atoms with Gasteiger partial charge in [0.05, 0.1) is 31.1 Å². The molecule has 0 unspecified atom stereocenters. The van der Waals surface area contributed by atoms with E-state index in [1.54, 1.807) is 27.8 Å². The lowest BCUT2D eigenvalue weighted by molar-refractivity contribution is 0.265. The molecule has 1 fully saturated rings. The number of benzene rings is 2. The molecule has 8 nitrogen and oxygen atoms in total. The van der Waals surface area contributed by atoms with Gasteiger partial charge in [-0.2, -0.15) is 5.10 Å². The highest BCUT2D eigenvalue weighted by Gasteiger charge is 2.28. The van der Waals surface area contributed by atoms with Gasteiger partial charge >= 0.3 is 0 Å². The van der Waals surface area contributed by atoms with E-state index in [-0.39, 0.29) is 36.7 Å². The predicted molar refractivity (Wildman–Crippen MR) is 137 cm³/mol. The Labute approximate surface area is 217 Å². The molecule has 2 aromatic carbocycles. The lowest BCUT2D eigenvalue weighted by Gasteiger charge is -2.24. The summed E-state index contributed by atoms with van der Waals surface area (Å²) in [6.07, 6.45) is 4.15. The lowest BCUT2D eigenvalue weighted by Crippen LogP contribution is -2.33. The maximum Gasteiger partial charge on any atom is 0.183 e. The summed E-state index contributed by atoms with van der Waals surface area (Å²) < 4.78 is 36.5. The van der Waals surface area contributed by atoms with Crippen molar-refractivity contribution in [3.05, 3.63) is 90.3 Å². The Kier molecular flexibility index (Phi) is 6.38. The van der Waals surface area contributed by atoms with Gasteiger partial charge in [0.15, 0.2) is 17.5 Å². The summed E-state index contributed by atoms with van der Waals surface area (Å²) in [7, 11) is 0. The van der Waals surface area contributed by atoms with Gasteiger partial charge in [0.2, 0.25) is 0 Å². The maximum absolute atomic E-state index is 15.2. The first-order valence-electron chi connectivity index (χ1n) is 12.3. The van der Waals surface area contributed by atoms with E-state index in [1.165, 1.54) is 12.3 Å². The zero-order chi connectivity index (χ0) is 26.1. The molecule has 0 spiro atoms. The molecular formula is C28H24F2N6O2. The lowest BCUT2D eigenvalue weighted by atomic mass is 10.0. The first kappa shape index (κ1) is 23.9. The van der Waals surface area contributed by atoms with Crippen LogP contribution in [0.4, 0.5) is 14.6 Å². The summed E-state index contributed by atoms with van der Waals surface area (Å²) in [5.74, 6) is -0.579. The van der Waals surface area contributed by atoms with E-state index in [0.717, 1.165) is 30.2 Å². The molecule has 192 valence electrons. The van der Waals surface area contributed by atoms with Crippen LogP contribution in [0.5, 0.6) is 0 Å². The SMILES string of the molecule is OC[C@H]1CCCN1c1nc(-c2cc(-c3ccon3)n(Cc3ccc(-c4ccccc4)cc3F)n2)ncc1F. The van der Waals surface area contributed by atoms with Crippen LogP contribution in [0.1, 0.15) is 18.4 Å². The van der Waals surface area contributed by atoms with Crippen LogP contribution in [0, 0.1) is 11.6 Å². The number of aliphatic hydroxyl groups excluding tert-OH is 1. The van der Waals surface area contributed by atoms with E-state index >= 15 is 4.39 Å². The van der Waals surface area contributed by atoms with Crippen LogP contribution in [0.25, 0.3) is 34.0 Å². The number of aromatic nitrogens is 5. The molecule has 0 saturated carbocycles. The van der Waals surface area contributed by atoms with Crippen LogP contribution >= 0.6 is 0 Å². The van der Waals surface area contributed by atoms with Crippen molar-refractivity contribution in [1.29, 1.82) is 0 Å². The number of hydrogen-bond donors (Lipinski definition) is 1. The Morgan fingerprint density at radius 2 is 1.84 bits per heavy atom. The van der Waals surface area contributed by atoms with E-state index < -0.39 is 5.82 Å². The Bertz CT molecular complexity index is 1560. The topological polar surface area (TPSA) is 93.1 Å². The number of halogens is 2. The van der Waals surface area contributed by atoms with Crippen molar-refractivity contribution in [2.45, 2.75) is 25.4 Å². The van der Waals surface area contributed by atoms with Gasteiger partial charge < -0.3 is 14.5 Å². The van der Waals surface area contributed by atoms with Gasteiger partial charge in [0.25, 0.3) is 0 Å². The highest BCUT2D eigenvalue weighted by atomic mass is 19.1. The summed E-state index contributed by atoms with van der Waals surface area (Å²) >= 11 is 0. The second-order valence-corrected chi connectivity index (χ2v) is 9.17. The van der Waals surface area contributed by atoms with Crippen molar-refractivity contribution >= 4 is 5.82 Å². The minimum atomic E-state index is -0.564. The number of aliphatic hydroxyl groups is 1. The predicted octanol–water partition coefficient (Wildman–Crippen LogP) is 4.95. The third-order valence-electron chi connectivity index (χ3n) is 6.78. The summed E-state index contributed by atoms with van der Waals surface area (Å²) in [4.78, 5) is 10.4. The van der Waals surface area contributed by atoms with Crippen LogP contribution in [-0.4, -0.2) is 49.2 Å². The second-order valence-electron chi connectivity index (χ2n) is 9.17. The Hall–Kier alpha value is -4.44. The standard InChI is InChI=1S/C28H24F2N6O2/c29-22-13-19(18-5-2-1-3-6-18)8-9-20(22)16-36-26(24-10-12-38-34-24)14-25(33-36)27-31-15-23(30)28(32-27)35-11-4-7-21(35)17-37/h1-3,5-6,8-10,12-15,21,37H,4,7,11,16-17H2/t21-/m1/s1. The molecule has 1 aliphatic rings. The second kappa shape index (κ2) is 10.1. The highest BCUT2D eigenvalue weighted by molar-refractivity contribution is 5.65. The molecule has 3 aromatic heterocycles. The van der Waals surface area contributed by atoms with Gasteiger partial charge in [-0.1, -0.05) is 47.6 Å². The molecule has 6 rings (SSSR count). The number of anilines is 1. The summed E-state index contributed by atoms with van der Waals surface area (Å²) in [5, 5.41) is 18.4. The van der Waals surface area contributed by atoms with E-state index in [9.17, 15) is 9.50 Å². The van der Waals surface area contributed by atoms with Gasteiger partial charge in [-0.3, -0.25) is 4.68 Å². The molecule has 38 heavy (non-hydrogen) atoms. The summed E-state index contributed by atoms with van der Waals surface area (Å²) in [6, 6.07) is 17.9. The van der Waals surface area contributed by atoms with Gasteiger partial charge in [0, 0.05) is 18.2 Å². The molecule has 10 heteroatoms. The maximum atomic E-state index is 15.2. The fourth-order valence-electron chi connectivity index (χ4n) is 4.83. The monoisotopic (exact) mass is 514 g/mol. The quantitative estimate of drug-likeness (QED) is 0.329. The smallest absolute Gasteiger partial charge is 0.183 e. The molecule has 5 aromatic rings. The first-order chi connectivity index (χ1) is 18.6. The number of hydrogen-bond acceptors (Lipinski definition) is 7. The summed E-state index contributed by atoms with van der Waals surface area (Å²) in [5.41, 5.74) is 3.60. The first-order valence-corrected chi connectivity index (χ1v) is 12.3. The van der Waals surface area contributed by atoms with E-state index in [1.807, 2.05) is 36.4 Å². The fraction of sp³-hybridized carbons (Fsp3) is 0.214. The third-order valence-corrected chi connectivity index (χ3v) is 6.78. The van der Waals surface area contributed by atoms with E-state index in [4.69, 9.17) is 4.52 Å². The van der Waals surface area contributed by atoms with Crippen molar-refractivity contribution in [3.63, 3.8) is 0 Å². The zero-order valence-corrected chi connectivity index (χ0v) is 20.3. The molecule has 1 atom stereocenters. The van der Waals surface area contributed by atoms with Crippen molar-refractivity contribution in [3.8, 4) is 34.0 Å². The van der Waals surface area contributed by atoms with Gasteiger partial charge in [-0.25, -0.2) is 18.7 Å². The van der Waals surface area contributed by atoms with Crippen LogP contribution in [0.2, 0.25) is 0 Å². The third kappa shape index (κ3) is 4.54. The largest absolute Gasteiger partial charge is 0.394 e. The average Bonchev–Trinajstić information content (AvgIpc) is 3.71. The minimum Gasteiger partial charge on any atom is -0.394 e. The van der Waals surface area contributed by atoms with Gasteiger partial charge in [0.1, 0.15) is 23.5 Å². The van der Waals surface area contributed by atoms with Crippen LogP contribution in [-0.2, 0) is 6.54 Å². The van der Waals surface area contributed by atoms with Crippen molar-refractivity contribution in [2.75, 3.05) is 18.1 Å². The van der Waals surface area contributed by atoms with E-state index in [0.29, 0.717) is 29.2 Å². The molecule has 0 bridgehead atoms. The molecule has 1 aliphatic heterocycles. The average molecular weight is 515 g/mol. The zero-order valence-electron chi connectivity index (χ0n) is 20.3. The van der Waals surface area contributed by atoms with Gasteiger partial charge in [-0.05, 0) is 36.1 Å². The molecule has 0 amide bonds. The Morgan fingerprint density at radius 1 is 0.974 bits per heavy atom.